The van der Waals surface area contributed by atoms with Crippen LogP contribution in [0.4, 0.5) is 5.69 Å². The summed E-state index contributed by atoms with van der Waals surface area (Å²) in [5, 5.41) is 0. The van der Waals surface area contributed by atoms with Gasteiger partial charge in [-0.1, -0.05) is 19.9 Å². The first-order valence-corrected chi connectivity index (χ1v) is 4.95. The lowest BCUT2D eigenvalue weighted by Crippen LogP contribution is -2.06. The number of aliphatic imine (C=N–C) groups is 1. The summed E-state index contributed by atoms with van der Waals surface area (Å²) in [5.74, 6) is 1.42. The van der Waals surface area contributed by atoms with E-state index >= 15 is 0 Å². The fourth-order valence-electron chi connectivity index (χ4n) is 1.65. The fraction of sp³-hybridized carbons (Fsp3) is 0.417. The number of fused-ring (bicyclic) bond motifs is 1. The van der Waals surface area contributed by atoms with Crippen LogP contribution in [0.1, 0.15) is 19.4 Å². The van der Waals surface area contributed by atoms with Crippen LogP contribution in [0.25, 0.3) is 0 Å². The van der Waals surface area contributed by atoms with Crippen LogP contribution in [-0.2, 0) is 6.42 Å². The zero-order valence-corrected chi connectivity index (χ0v) is 8.87. The van der Waals surface area contributed by atoms with E-state index in [9.17, 15) is 0 Å². The van der Waals surface area contributed by atoms with Gasteiger partial charge in [0.15, 0.2) is 0 Å². The fourth-order valence-corrected chi connectivity index (χ4v) is 1.65. The van der Waals surface area contributed by atoms with Crippen molar-refractivity contribution in [1.29, 1.82) is 0 Å². The topological polar surface area (TPSA) is 21.6 Å². The standard InChI is InChI=1S/C12H15NO/c1-8(2)11-6-9-4-5-10(14-3)7-12(9)13-11/h4-5,7-8H,6H2,1-3H3. The molecule has 0 fully saturated rings. The van der Waals surface area contributed by atoms with E-state index < -0.39 is 0 Å². The van der Waals surface area contributed by atoms with Crippen molar-refractivity contribution in [3.8, 4) is 5.75 Å². The predicted molar refractivity (Wildman–Crippen MR) is 58.6 cm³/mol. The minimum absolute atomic E-state index is 0.536. The van der Waals surface area contributed by atoms with Gasteiger partial charge in [-0.25, -0.2) is 0 Å². The number of ether oxygens (including phenoxy) is 1. The summed E-state index contributed by atoms with van der Waals surface area (Å²) in [4.78, 5) is 4.60. The molecule has 0 aromatic heterocycles. The minimum atomic E-state index is 0.536. The molecule has 74 valence electrons. The van der Waals surface area contributed by atoms with Crippen LogP contribution in [-0.4, -0.2) is 12.8 Å². The smallest absolute Gasteiger partial charge is 0.121 e. The molecule has 0 N–H and O–H groups in total. The molecule has 0 bridgehead atoms. The highest BCUT2D eigenvalue weighted by molar-refractivity contribution is 5.95. The largest absolute Gasteiger partial charge is 0.497 e. The van der Waals surface area contributed by atoms with Gasteiger partial charge in [0, 0.05) is 18.2 Å². The maximum atomic E-state index is 5.17. The van der Waals surface area contributed by atoms with Crippen LogP contribution >= 0.6 is 0 Å². The maximum absolute atomic E-state index is 5.17. The van der Waals surface area contributed by atoms with E-state index in [-0.39, 0.29) is 0 Å². The Morgan fingerprint density at radius 1 is 1.36 bits per heavy atom. The molecule has 1 heterocycles. The first-order chi connectivity index (χ1) is 6.70. The Balaban J connectivity index is 2.34. The van der Waals surface area contributed by atoms with Crippen molar-refractivity contribution < 1.29 is 4.74 Å². The highest BCUT2D eigenvalue weighted by Crippen LogP contribution is 2.32. The molecule has 1 aromatic rings. The van der Waals surface area contributed by atoms with E-state index in [0.29, 0.717) is 5.92 Å². The van der Waals surface area contributed by atoms with Gasteiger partial charge in [0.1, 0.15) is 5.75 Å². The first kappa shape index (κ1) is 9.25. The molecular weight excluding hydrogens is 174 g/mol. The summed E-state index contributed by atoms with van der Waals surface area (Å²) in [7, 11) is 1.68. The van der Waals surface area contributed by atoms with E-state index in [0.717, 1.165) is 17.9 Å². The summed E-state index contributed by atoms with van der Waals surface area (Å²) in [5.41, 5.74) is 3.66. The SMILES string of the molecule is COc1ccc2c(c1)N=C(C(C)C)C2. The van der Waals surface area contributed by atoms with Crippen LogP contribution in [0.3, 0.4) is 0 Å². The Hall–Kier alpha value is -1.31. The van der Waals surface area contributed by atoms with E-state index in [2.05, 4.69) is 24.9 Å². The van der Waals surface area contributed by atoms with E-state index in [4.69, 9.17) is 4.74 Å². The Morgan fingerprint density at radius 3 is 2.79 bits per heavy atom. The molecule has 14 heavy (non-hydrogen) atoms. The van der Waals surface area contributed by atoms with Gasteiger partial charge >= 0.3 is 0 Å². The molecule has 0 atom stereocenters. The van der Waals surface area contributed by atoms with Gasteiger partial charge in [0.25, 0.3) is 0 Å². The second-order valence-corrected chi connectivity index (χ2v) is 3.93. The van der Waals surface area contributed by atoms with Crippen molar-refractivity contribution in [3.63, 3.8) is 0 Å². The molecule has 0 spiro atoms. The Bertz CT molecular complexity index is 380. The summed E-state index contributed by atoms with van der Waals surface area (Å²) in [6.45, 7) is 4.36. The Labute approximate surface area is 84.6 Å². The van der Waals surface area contributed by atoms with Crippen molar-refractivity contribution in [2.45, 2.75) is 20.3 Å². The lowest BCUT2D eigenvalue weighted by molar-refractivity contribution is 0.415. The van der Waals surface area contributed by atoms with Gasteiger partial charge in [-0.2, -0.15) is 0 Å². The van der Waals surface area contributed by atoms with Crippen molar-refractivity contribution >= 4 is 11.4 Å². The monoisotopic (exact) mass is 189 g/mol. The second kappa shape index (κ2) is 3.45. The maximum Gasteiger partial charge on any atom is 0.121 e. The third-order valence-electron chi connectivity index (χ3n) is 2.59. The average molecular weight is 189 g/mol. The number of hydrogen-bond donors (Lipinski definition) is 0. The quantitative estimate of drug-likeness (QED) is 0.700. The molecule has 0 radical (unpaired) electrons. The molecule has 0 saturated carbocycles. The van der Waals surface area contributed by atoms with E-state index in [1.807, 2.05) is 12.1 Å². The third kappa shape index (κ3) is 1.52. The highest BCUT2D eigenvalue weighted by Gasteiger charge is 2.16. The Kier molecular flexibility index (Phi) is 2.28. The van der Waals surface area contributed by atoms with Crippen LogP contribution in [0.15, 0.2) is 23.2 Å². The lowest BCUT2D eigenvalue weighted by Gasteiger charge is -2.02. The molecule has 1 aliphatic rings. The molecular formula is C12H15NO. The molecule has 0 unspecified atom stereocenters. The zero-order chi connectivity index (χ0) is 10.1. The van der Waals surface area contributed by atoms with Crippen molar-refractivity contribution in [3.05, 3.63) is 23.8 Å². The normalized spacial score (nSPS) is 14.1. The molecule has 2 rings (SSSR count). The number of hydrogen-bond acceptors (Lipinski definition) is 2. The molecule has 1 aromatic carbocycles. The van der Waals surface area contributed by atoms with Gasteiger partial charge in [-0.15, -0.1) is 0 Å². The number of methoxy groups -OCH3 is 1. The van der Waals surface area contributed by atoms with Crippen LogP contribution in [0.5, 0.6) is 5.75 Å². The molecule has 0 aliphatic carbocycles. The number of nitrogens with zero attached hydrogens (tertiary/aromatic N) is 1. The van der Waals surface area contributed by atoms with Crippen molar-refractivity contribution in [2.24, 2.45) is 10.9 Å². The van der Waals surface area contributed by atoms with Crippen LogP contribution < -0.4 is 4.74 Å². The van der Waals surface area contributed by atoms with Crippen LogP contribution in [0, 0.1) is 5.92 Å². The summed E-state index contributed by atoms with van der Waals surface area (Å²) in [6, 6.07) is 6.11. The number of rotatable bonds is 2. The highest BCUT2D eigenvalue weighted by atomic mass is 16.5. The molecule has 0 amide bonds. The van der Waals surface area contributed by atoms with Gasteiger partial charge in [0.2, 0.25) is 0 Å². The van der Waals surface area contributed by atoms with E-state index in [1.165, 1.54) is 11.3 Å². The first-order valence-electron chi connectivity index (χ1n) is 4.95. The molecule has 2 heteroatoms. The average Bonchev–Trinajstić information content (AvgIpc) is 2.59. The van der Waals surface area contributed by atoms with E-state index in [1.54, 1.807) is 7.11 Å². The van der Waals surface area contributed by atoms with Gasteiger partial charge < -0.3 is 4.74 Å². The molecule has 0 saturated heterocycles. The second-order valence-electron chi connectivity index (χ2n) is 3.93. The predicted octanol–water partition coefficient (Wildman–Crippen LogP) is 2.98. The third-order valence-corrected chi connectivity index (χ3v) is 2.59. The van der Waals surface area contributed by atoms with Crippen molar-refractivity contribution in [1.82, 2.24) is 0 Å². The van der Waals surface area contributed by atoms with Gasteiger partial charge in [-0.05, 0) is 17.5 Å². The van der Waals surface area contributed by atoms with Crippen molar-refractivity contribution in [2.75, 3.05) is 7.11 Å². The lowest BCUT2D eigenvalue weighted by atomic mass is 10.0. The summed E-state index contributed by atoms with van der Waals surface area (Å²) in [6.07, 6.45) is 0.997. The summed E-state index contributed by atoms with van der Waals surface area (Å²) >= 11 is 0. The Morgan fingerprint density at radius 2 is 2.14 bits per heavy atom. The molecule has 1 aliphatic heterocycles. The van der Waals surface area contributed by atoms with Gasteiger partial charge in [0.05, 0.1) is 12.8 Å². The number of benzene rings is 1. The van der Waals surface area contributed by atoms with Gasteiger partial charge in [-0.3, -0.25) is 4.99 Å². The zero-order valence-electron chi connectivity index (χ0n) is 8.87. The summed E-state index contributed by atoms with van der Waals surface area (Å²) < 4.78 is 5.17. The van der Waals surface area contributed by atoms with Crippen LogP contribution in [0.2, 0.25) is 0 Å². The minimum Gasteiger partial charge on any atom is -0.497 e. The molecule has 2 nitrogen and oxygen atoms in total.